The molecule has 3 rings (SSSR count). The molecule has 1 aliphatic heterocycles. The van der Waals surface area contributed by atoms with Crippen LogP contribution in [0.4, 0.5) is 0 Å². The standard InChI is InChI=1S/C23H37N7.HI/c1-4-29-14-16-30(17-15-29)13-9-8-12-25-23(24-2)28(3)19-22-26-18-21(27-22)20-10-6-5-7-11-20;/h5-7,10-11,18H,4,8-9,12-17,19H2,1-3H3,(H,24,25)(H,26,27);1H. The minimum atomic E-state index is 0. The van der Waals surface area contributed by atoms with Crippen molar-refractivity contribution in [2.45, 2.75) is 26.3 Å². The number of benzene rings is 1. The number of aromatic nitrogens is 2. The monoisotopic (exact) mass is 539 g/mol. The number of guanidine groups is 1. The Labute approximate surface area is 204 Å². The molecular formula is C23H38IN7. The number of nitrogens with zero attached hydrogens (tertiary/aromatic N) is 5. The molecule has 0 bridgehead atoms. The van der Waals surface area contributed by atoms with Crippen LogP contribution in [-0.4, -0.2) is 90.5 Å². The van der Waals surface area contributed by atoms with Crippen LogP contribution in [-0.2, 0) is 6.54 Å². The van der Waals surface area contributed by atoms with Crippen molar-refractivity contribution in [1.82, 2.24) is 30.0 Å². The number of likely N-dealkylation sites (N-methyl/N-ethyl adjacent to an activating group) is 1. The van der Waals surface area contributed by atoms with Gasteiger partial charge >= 0.3 is 0 Å². The second-order valence-electron chi connectivity index (χ2n) is 7.92. The predicted octanol–water partition coefficient (Wildman–Crippen LogP) is 3.12. The van der Waals surface area contributed by atoms with Gasteiger partial charge in [0.25, 0.3) is 0 Å². The van der Waals surface area contributed by atoms with E-state index in [1.165, 1.54) is 45.7 Å². The summed E-state index contributed by atoms with van der Waals surface area (Å²) in [7, 11) is 3.89. The molecule has 1 saturated heterocycles. The zero-order valence-electron chi connectivity index (χ0n) is 19.2. The third-order valence-electron chi connectivity index (χ3n) is 5.77. The molecule has 8 heteroatoms. The minimum absolute atomic E-state index is 0. The lowest BCUT2D eigenvalue weighted by Crippen LogP contribution is -2.46. The van der Waals surface area contributed by atoms with E-state index in [0.717, 1.165) is 36.0 Å². The fraction of sp³-hybridized carbons (Fsp3) is 0.565. The van der Waals surface area contributed by atoms with Crippen molar-refractivity contribution in [2.24, 2.45) is 4.99 Å². The number of halogens is 1. The van der Waals surface area contributed by atoms with E-state index in [4.69, 9.17) is 0 Å². The zero-order chi connectivity index (χ0) is 21.2. The molecule has 1 aliphatic rings. The number of aromatic amines is 1. The Morgan fingerprint density at radius 1 is 1.13 bits per heavy atom. The molecular weight excluding hydrogens is 501 g/mol. The van der Waals surface area contributed by atoms with E-state index in [2.05, 4.69) is 54.0 Å². The van der Waals surface area contributed by atoms with Crippen LogP contribution in [0.1, 0.15) is 25.6 Å². The molecule has 172 valence electrons. The van der Waals surface area contributed by atoms with E-state index in [0.29, 0.717) is 6.54 Å². The van der Waals surface area contributed by atoms with Crippen molar-refractivity contribution in [2.75, 3.05) is 59.9 Å². The first-order chi connectivity index (χ1) is 14.7. The van der Waals surface area contributed by atoms with Gasteiger partial charge in [-0.1, -0.05) is 37.3 Å². The molecule has 0 radical (unpaired) electrons. The van der Waals surface area contributed by atoms with E-state index in [1.807, 2.05) is 38.5 Å². The Balaban J connectivity index is 0.00000341. The van der Waals surface area contributed by atoms with Crippen molar-refractivity contribution in [3.63, 3.8) is 0 Å². The molecule has 1 fully saturated rings. The number of piperazine rings is 1. The maximum absolute atomic E-state index is 4.53. The number of aliphatic imine (C=N–C) groups is 1. The number of hydrogen-bond donors (Lipinski definition) is 2. The third kappa shape index (κ3) is 8.08. The van der Waals surface area contributed by atoms with E-state index in [-0.39, 0.29) is 24.0 Å². The van der Waals surface area contributed by atoms with E-state index >= 15 is 0 Å². The van der Waals surface area contributed by atoms with Crippen molar-refractivity contribution in [3.8, 4) is 11.3 Å². The molecule has 0 spiro atoms. The van der Waals surface area contributed by atoms with E-state index in [1.54, 1.807) is 0 Å². The SMILES string of the molecule is CCN1CCN(CCCCNC(=NC)N(C)Cc2ncc(-c3ccccc3)[nH]2)CC1.I. The van der Waals surface area contributed by atoms with Crippen LogP contribution >= 0.6 is 24.0 Å². The fourth-order valence-electron chi connectivity index (χ4n) is 3.88. The summed E-state index contributed by atoms with van der Waals surface area (Å²) in [5, 5.41) is 3.49. The lowest BCUT2D eigenvalue weighted by atomic mass is 10.2. The summed E-state index contributed by atoms with van der Waals surface area (Å²) in [6, 6.07) is 10.3. The van der Waals surface area contributed by atoms with Crippen molar-refractivity contribution in [3.05, 3.63) is 42.4 Å². The number of rotatable bonds is 9. The van der Waals surface area contributed by atoms with Gasteiger partial charge in [0.15, 0.2) is 5.96 Å². The van der Waals surface area contributed by atoms with Crippen molar-refractivity contribution >= 4 is 29.9 Å². The molecule has 31 heavy (non-hydrogen) atoms. The first kappa shape index (κ1) is 25.6. The van der Waals surface area contributed by atoms with Gasteiger partial charge in [-0.25, -0.2) is 4.98 Å². The molecule has 0 aliphatic carbocycles. The summed E-state index contributed by atoms with van der Waals surface area (Å²) < 4.78 is 0. The number of unbranched alkanes of at least 4 members (excludes halogenated alkanes) is 1. The van der Waals surface area contributed by atoms with Crippen molar-refractivity contribution < 1.29 is 0 Å². The summed E-state index contributed by atoms with van der Waals surface area (Å²) >= 11 is 0. The smallest absolute Gasteiger partial charge is 0.193 e. The predicted molar refractivity (Wildman–Crippen MR) is 140 cm³/mol. The average molecular weight is 540 g/mol. The van der Waals surface area contributed by atoms with Gasteiger partial charge in [0.2, 0.25) is 0 Å². The molecule has 0 amide bonds. The number of nitrogens with one attached hydrogen (secondary N) is 2. The van der Waals surface area contributed by atoms with Gasteiger partial charge in [0, 0.05) is 46.8 Å². The highest BCUT2D eigenvalue weighted by Gasteiger charge is 2.14. The molecule has 1 aromatic heterocycles. The molecule has 2 N–H and O–H groups in total. The van der Waals surface area contributed by atoms with Gasteiger partial charge in [0.05, 0.1) is 18.4 Å². The first-order valence-electron chi connectivity index (χ1n) is 11.2. The van der Waals surface area contributed by atoms with Gasteiger partial charge in [-0.2, -0.15) is 0 Å². The second-order valence-corrected chi connectivity index (χ2v) is 7.92. The van der Waals surface area contributed by atoms with Gasteiger partial charge in [-0.05, 0) is 31.5 Å². The minimum Gasteiger partial charge on any atom is -0.356 e. The van der Waals surface area contributed by atoms with Gasteiger partial charge in [0.1, 0.15) is 5.82 Å². The lowest BCUT2D eigenvalue weighted by molar-refractivity contribution is 0.136. The molecule has 0 unspecified atom stereocenters. The Morgan fingerprint density at radius 3 is 2.52 bits per heavy atom. The molecule has 2 heterocycles. The Bertz CT molecular complexity index is 769. The van der Waals surface area contributed by atoms with Crippen LogP contribution in [0.2, 0.25) is 0 Å². The van der Waals surface area contributed by atoms with Crippen LogP contribution in [0.15, 0.2) is 41.5 Å². The molecule has 0 saturated carbocycles. The van der Waals surface area contributed by atoms with E-state index < -0.39 is 0 Å². The third-order valence-corrected chi connectivity index (χ3v) is 5.77. The number of hydrogen-bond acceptors (Lipinski definition) is 4. The van der Waals surface area contributed by atoms with Crippen LogP contribution in [0, 0.1) is 0 Å². The normalized spacial score (nSPS) is 15.5. The summed E-state index contributed by atoms with van der Waals surface area (Å²) in [4.78, 5) is 19.6. The molecule has 0 atom stereocenters. The molecule has 7 nitrogen and oxygen atoms in total. The Morgan fingerprint density at radius 2 is 1.84 bits per heavy atom. The topological polar surface area (TPSA) is 62.8 Å². The number of imidazole rings is 1. The Hall–Kier alpha value is -1.65. The largest absolute Gasteiger partial charge is 0.356 e. The summed E-state index contributed by atoms with van der Waals surface area (Å²) in [5.74, 6) is 1.84. The van der Waals surface area contributed by atoms with Gasteiger partial charge in [-0.3, -0.25) is 4.99 Å². The summed E-state index contributed by atoms with van der Waals surface area (Å²) in [5.41, 5.74) is 2.19. The van der Waals surface area contributed by atoms with Gasteiger partial charge < -0.3 is 25.0 Å². The maximum atomic E-state index is 4.53. The van der Waals surface area contributed by atoms with Crippen LogP contribution < -0.4 is 5.32 Å². The zero-order valence-corrected chi connectivity index (χ0v) is 21.5. The summed E-state index contributed by atoms with van der Waals surface area (Å²) in [6.45, 7) is 11.1. The van der Waals surface area contributed by atoms with Crippen LogP contribution in [0.3, 0.4) is 0 Å². The Kier molecular flexibility index (Phi) is 11.3. The number of H-pyrrole nitrogens is 1. The van der Waals surface area contributed by atoms with Crippen LogP contribution in [0.5, 0.6) is 0 Å². The first-order valence-corrected chi connectivity index (χ1v) is 11.2. The summed E-state index contributed by atoms with van der Waals surface area (Å²) in [6.07, 6.45) is 4.27. The second kappa shape index (κ2) is 13.7. The molecule has 2 aromatic rings. The highest BCUT2D eigenvalue weighted by atomic mass is 127. The quantitative estimate of drug-likeness (QED) is 0.222. The highest BCUT2D eigenvalue weighted by Crippen LogP contribution is 2.16. The lowest BCUT2D eigenvalue weighted by Gasteiger charge is -2.34. The maximum Gasteiger partial charge on any atom is 0.193 e. The highest BCUT2D eigenvalue weighted by molar-refractivity contribution is 14.0. The van der Waals surface area contributed by atoms with Crippen LogP contribution in [0.25, 0.3) is 11.3 Å². The fourth-order valence-corrected chi connectivity index (χ4v) is 3.88. The molecule has 1 aromatic carbocycles. The van der Waals surface area contributed by atoms with Crippen molar-refractivity contribution in [1.29, 1.82) is 0 Å². The average Bonchev–Trinajstić information content (AvgIpc) is 3.25. The van der Waals surface area contributed by atoms with Gasteiger partial charge in [-0.15, -0.1) is 24.0 Å². The van der Waals surface area contributed by atoms with E-state index in [9.17, 15) is 0 Å².